The largest absolute Gasteiger partial charge is 0.382 e. The number of halogens is 1. The van der Waals surface area contributed by atoms with Crippen molar-refractivity contribution in [3.63, 3.8) is 0 Å². The third-order valence-corrected chi connectivity index (χ3v) is 4.94. The molecule has 1 aromatic carbocycles. The second kappa shape index (κ2) is 5.94. The molecule has 0 heterocycles. The summed E-state index contributed by atoms with van der Waals surface area (Å²) >= 11 is 0. The van der Waals surface area contributed by atoms with Crippen molar-refractivity contribution in [3.8, 4) is 0 Å². The number of benzene rings is 1. The molecule has 1 aliphatic carbocycles. The van der Waals surface area contributed by atoms with E-state index < -0.39 is 0 Å². The van der Waals surface area contributed by atoms with Crippen LogP contribution in [0.2, 0.25) is 0 Å². The van der Waals surface area contributed by atoms with Crippen molar-refractivity contribution in [2.75, 3.05) is 5.32 Å². The lowest BCUT2D eigenvalue weighted by atomic mass is 9.69. The Kier molecular flexibility index (Phi) is 4.49. The van der Waals surface area contributed by atoms with Gasteiger partial charge < -0.3 is 5.32 Å². The van der Waals surface area contributed by atoms with Gasteiger partial charge in [0.1, 0.15) is 5.82 Å². The first-order valence-corrected chi connectivity index (χ1v) is 7.53. The van der Waals surface area contributed by atoms with E-state index in [0.29, 0.717) is 11.5 Å². The minimum Gasteiger partial charge on any atom is -0.382 e. The summed E-state index contributed by atoms with van der Waals surface area (Å²) in [6.07, 6.45) is 6.22. The van der Waals surface area contributed by atoms with Crippen LogP contribution in [0, 0.1) is 17.2 Å². The van der Waals surface area contributed by atoms with E-state index in [4.69, 9.17) is 0 Å². The number of anilines is 1. The third kappa shape index (κ3) is 3.71. The van der Waals surface area contributed by atoms with Crippen molar-refractivity contribution in [3.05, 3.63) is 30.1 Å². The molecule has 0 atom stereocenters. The lowest BCUT2D eigenvalue weighted by molar-refractivity contribution is 0.147. The molecule has 0 amide bonds. The lowest BCUT2D eigenvalue weighted by Crippen LogP contribution is -2.32. The number of hydrogen-bond donors (Lipinski definition) is 1. The van der Waals surface area contributed by atoms with Gasteiger partial charge in [-0.15, -0.1) is 0 Å². The van der Waals surface area contributed by atoms with Gasteiger partial charge >= 0.3 is 0 Å². The van der Waals surface area contributed by atoms with Crippen LogP contribution in [0.4, 0.5) is 10.1 Å². The molecule has 1 saturated carbocycles. The van der Waals surface area contributed by atoms with Gasteiger partial charge in [0.15, 0.2) is 0 Å². The van der Waals surface area contributed by atoms with E-state index in [1.807, 2.05) is 6.07 Å². The Morgan fingerprint density at radius 3 is 2.47 bits per heavy atom. The fraction of sp³-hybridized carbons (Fsp3) is 0.647. The van der Waals surface area contributed by atoms with Crippen molar-refractivity contribution in [1.29, 1.82) is 0 Å². The Hall–Kier alpha value is -1.05. The van der Waals surface area contributed by atoms with Gasteiger partial charge in [-0.3, -0.25) is 0 Å². The number of nitrogens with one attached hydrogen (secondary N) is 1. The van der Waals surface area contributed by atoms with E-state index in [1.54, 1.807) is 12.1 Å². The molecule has 0 radical (unpaired) electrons. The van der Waals surface area contributed by atoms with Crippen LogP contribution in [0.3, 0.4) is 0 Å². The summed E-state index contributed by atoms with van der Waals surface area (Å²) in [6, 6.07) is 7.30. The van der Waals surface area contributed by atoms with Crippen LogP contribution >= 0.6 is 0 Å². The Morgan fingerprint density at radius 1 is 1.21 bits per heavy atom. The highest BCUT2D eigenvalue weighted by molar-refractivity contribution is 5.44. The van der Waals surface area contributed by atoms with Crippen LogP contribution < -0.4 is 5.32 Å². The number of hydrogen-bond acceptors (Lipinski definition) is 1. The maximum atomic E-state index is 13.1. The summed E-state index contributed by atoms with van der Waals surface area (Å²) in [5.41, 5.74) is 1.38. The molecule has 106 valence electrons. The average molecular weight is 263 g/mol. The first-order valence-electron chi connectivity index (χ1n) is 7.53. The number of rotatable bonds is 4. The Bertz CT molecular complexity index is 405. The van der Waals surface area contributed by atoms with Gasteiger partial charge in [-0.2, -0.15) is 0 Å². The zero-order valence-corrected chi connectivity index (χ0v) is 12.4. The molecular formula is C17H26FN. The van der Waals surface area contributed by atoms with Gasteiger partial charge in [-0.25, -0.2) is 4.39 Å². The molecule has 1 fully saturated rings. The molecule has 2 heteroatoms. The molecule has 1 aromatic rings. The van der Waals surface area contributed by atoms with Crippen LogP contribution in [0.15, 0.2) is 24.3 Å². The van der Waals surface area contributed by atoms with E-state index in [-0.39, 0.29) is 5.82 Å². The topological polar surface area (TPSA) is 12.0 Å². The van der Waals surface area contributed by atoms with Crippen LogP contribution in [0.5, 0.6) is 0 Å². The molecule has 0 bridgehead atoms. The highest BCUT2D eigenvalue weighted by Crippen LogP contribution is 2.40. The predicted molar refractivity (Wildman–Crippen MR) is 79.8 cm³/mol. The maximum absolute atomic E-state index is 13.1. The van der Waals surface area contributed by atoms with Gasteiger partial charge in [0.2, 0.25) is 0 Å². The maximum Gasteiger partial charge on any atom is 0.125 e. The molecule has 1 nitrogen and oxygen atoms in total. The fourth-order valence-corrected chi connectivity index (χ4v) is 3.12. The SMILES string of the molecule is CCC(C)(C)C1CCC(Nc2cccc(F)c2)CC1. The molecular weight excluding hydrogens is 237 g/mol. The van der Waals surface area contributed by atoms with Gasteiger partial charge in [-0.05, 0) is 55.2 Å². The Labute approximate surface area is 116 Å². The highest BCUT2D eigenvalue weighted by atomic mass is 19.1. The fourth-order valence-electron chi connectivity index (χ4n) is 3.12. The molecule has 0 aliphatic heterocycles. The van der Waals surface area contributed by atoms with Gasteiger partial charge in [0.25, 0.3) is 0 Å². The standard InChI is InChI=1S/C17H26FN/c1-4-17(2,3)13-8-10-15(11-9-13)19-16-7-5-6-14(18)12-16/h5-7,12-13,15,19H,4,8-11H2,1-3H3. The monoisotopic (exact) mass is 263 g/mol. The highest BCUT2D eigenvalue weighted by Gasteiger charge is 2.31. The van der Waals surface area contributed by atoms with Crippen molar-refractivity contribution < 1.29 is 4.39 Å². The molecule has 1 aliphatic rings. The van der Waals surface area contributed by atoms with E-state index in [9.17, 15) is 4.39 Å². The normalized spacial score (nSPS) is 24.2. The molecule has 0 unspecified atom stereocenters. The Morgan fingerprint density at radius 2 is 1.89 bits per heavy atom. The zero-order valence-electron chi connectivity index (χ0n) is 12.4. The molecule has 19 heavy (non-hydrogen) atoms. The van der Waals surface area contributed by atoms with Crippen molar-refractivity contribution in [1.82, 2.24) is 0 Å². The van der Waals surface area contributed by atoms with Crippen LogP contribution in [0.25, 0.3) is 0 Å². The average Bonchev–Trinajstić information content (AvgIpc) is 2.39. The molecule has 0 aromatic heterocycles. The minimum absolute atomic E-state index is 0.161. The van der Waals surface area contributed by atoms with Crippen LogP contribution in [-0.2, 0) is 0 Å². The first-order chi connectivity index (χ1) is 9.01. The summed E-state index contributed by atoms with van der Waals surface area (Å²) in [4.78, 5) is 0. The molecule has 1 N–H and O–H groups in total. The van der Waals surface area contributed by atoms with Gasteiger partial charge in [0, 0.05) is 11.7 Å². The second-order valence-electron chi connectivity index (χ2n) is 6.55. The summed E-state index contributed by atoms with van der Waals surface area (Å²) < 4.78 is 13.1. The quantitative estimate of drug-likeness (QED) is 0.784. The van der Waals surface area contributed by atoms with Gasteiger partial charge in [0.05, 0.1) is 0 Å². The van der Waals surface area contributed by atoms with E-state index >= 15 is 0 Å². The lowest BCUT2D eigenvalue weighted by Gasteiger charge is -2.39. The van der Waals surface area contributed by atoms with Crippen molar-refractivity contribution >= 4 is 5.69 Å². The summed E-state index contributed by atoms with van der Waals surface area (Å²) in [5.74, 6) is 0.675. The summed E-state index contributed by atoms with van der Waals surface area (Å²) in [5, 5.41) is 3.47. The van der Waals surface area contributed by atoms with Crippen LogP contribution in [-0.4, -0.2) is 6.04 Å². The van der Waals surface area contributed by atoms with E-state index in [2.05, 4.69) is 26.1 Å². The van der Waals surface area contributed by atoms with Crippen molar-refractivity contribution in [2.24, 2.45) is 11.3 Å². The molecule has 2 rings (SSSR count). The summed E-state index contributed by atoms with van der Waals surface area (Å²) in [6.45, 7) is 7.06. The molecule has 0 spiro atoms. The summed E-state index contributed by atoms with van der Waals surface area (Å²) in [7, 11) is 0. The minimum atomic E-state index is -0.161. The smallest absolute Gasteiger partial charge is 0.125 e. The second-order valence-corrected chi connectivity index (χ2v) is 6.55. The van der Waals surface area contributed by atoms with E-state index in [0.717, 1.165) is 11.6 Å². The van der Waals surface area contributed by atoms with Crippen LogP contribution in [0.1, 0.15) is 52.9 Å². The zero-order chi connectivity index (χ0) is 13.9. The van der Waals surface area contributed by atoms with E-state index in [1.165, 1.54) is 38.2 Å². The third-order valence-electron chi connectivity index (χ3n) is 4.94. The first kappa shape index (κ1) is 14.4. The molecule has 0 saturated heterocycles. The van der Waals surface area contributed by atoms with Crippen molar-refractivity contribution in [2.45, 2.75) is 58.9 Å². The Balaban J connectivity index is 1.87. The van der Waals surface area contributed by atoms with Gasteiger partial charge in [-0.1, -0.05) is 33.3 Å². The predicted octanol–water partition coefficient (Wildman–Crippen LogP) is 5.23.